The Bertz CT molecular complexity index is 1140. The number of nitrogens with zero attached hydrogens (tertiary/aromatic N) is 1. The van der Waals surface area contributed by atoms with Gasteiger partial charge in [0.25, 0.3) is 0 Å². The van der Waals surface area contributed by atoms with Gasteiger partial charge < -0.3 is 24.4 Å². The van der Waals surface area contributed by atoms with E-state index in [1.54, 1.807) is 54.6 Å². The number of rotatable bonds is 5. The average Bonchev–Trinajstić information content (AvgIpc) is 3.28. The highest BCUT2D eigenvalue weighted by Gasteiger charge is 2.32. The Morgan fingerprint density at radius 1 is 1.17 bits per heavy atom. The van der Waals surface area contributed by atoms with Gasteiger partial charge in [-0.25, -0.2) is 4.79 Å². The third-order valence-electron chi connectivity index (χ3n) is 4.63. The Morgan fingerprint density at radius 3 is 2.60 bits per heavy atom. The molecule has 7 heteroatoms. The summed E-state index contributed by atoms with van der Waals surface area (Å²) in [6.45, 7) is 2.43. The van der Waals surface area contributed by atoms with Crippen molar-refractivity contribution in [2.75, 3.05) is 6.61 Å². The summed E-state index contributed by atoms with van der Waals surface area (Å²) in [5.41, 5.74) is 7.29. The van der Waals surface area contributed by atoms with Gasteiger partial charge in [-0.05, 0) is 49.4 Å². The van der Waals surface area contributed by atoms with E-state index in [1.807, 2.05) is 6.92 Å². The van der Waals surface area contributed by atoms with Gasteiger partial charge in [-0.15, -0.1) is 0 Å². The van der Waals surface area contributed by atoms with Gasteiger partial charge in [0, 0.05) is 11.6 Å². The fourth-order valence-corrected chi connectivity index (χ4v) is 3.27. The first-order chi connectivity index (χ1) is 14.6. The number of ether oxygens (including phenoxy) is 3. The van der Waals surface area contributed by atoms with Gasteiger partial charge in [0.1, 0.15) is 34.7 Å². The minimum Gasteiger partial charge on any atom is -0.494 e. The van der Waals surface area contributed by atoms with Crippen LogP contribution in [0.3, 0.4) is 0 Å². The molecular formula is C23H18N2O5. The molecule has 0 saturated carbocycles. The lowest BCUT2D eigenvalue weighted by Crippen LogP contribution is -2.21. The van der Waals surface area contributed by atoms with Crippen molar-refractivity contribution in [1.29, 1.82) is 5.26 Å². The van der Waals surface area contributed by atoms with E-state index in [2.05, 4.69) is 6.07 Å². The van der Waals surface area contributed by atoms with Crippen LogP contribution in [0, 0.1) is 11.3 Å². The van der Waals surface area contributed by atoms with Crippen LogP contribution in [0.4, 0.5) is 0 Å². The lowest BCUT2D eigenvalue weighted by Gasteiger charge is -2.25. The highest BCUT2D eigenvalue weighted by atomic mass is 16.5. The molecule has 0 fully saturated rings. The van der Waals surface area contributed by atoms with E-state index < -0.39 is 11.9 Å². The zero-order chi connectivity index (χ0) is 21.1. The molecule has 30 heavy (non-hydrogen) atoms. The number of hydrogen-bond acceptors (Lipinski definition) is 7. The maximum Gasteiger partial charge on any atom is 0.343 e. The molecule has 4 rings (SSSR count). The summed E-state index contributed by atoms with van der Waals surface area (Å²) < 4.78 is 22.0. The number of benzene rings is 2. The Labute approximate surface area is 172 Å². The van der Waals surface area contributed by atoms with E-state index >= 15 is 0 Å². The van der Waals surface area contributed by atoms with E-state index in [4.69, 9.17) is 24.4 Å². The second-order valence-corrected chi connectivity index (χ2v) is 6.49. The number of allylic oxidation sites excluding steroid dienone is 1. The molecular weight excluding hydrogens is 384 g/mol. The number of carbonyl (C=O) groups excluding carboxylic acids is 1. The van der Waals surface area contributed by atoms with Crippen molar-refractivity contribution < 1.29 is 23.4 Å². The van der Waals surface area contributed by atoms with Crippen LogP contribution in [0.5, 0.6) is 17.2 Å². The summed E-state index contributed by atoms with van der Waals surface area (Å²) in [4.78, 5) is 12.5. The Morgan fingerprint density at radius 2 is 1.93 bits per heavy atom. The largest absolute Gasteiger partial charge is 0.494 e. The van der Waals surface area contributed by atoms with Gasteiger partial charge in [-0.3, -0.25) is 0 Å². The highest BCUT2D eigenvalue weighted by Crippen LogP contribution is 2.43. The smallest absolute Gasteiger partial charge is 0.343 e. The van der Waals surface area contributed by atoms with E-state index in [9.17, 15) is 10.1 Å². The number of hydrogen-bond donors (Lipinski definition) is 1. The molecule has 7 nitrogen and oxygen atoms in total. The molecule has 0 aliphatic carbocycles. The van der Waals surface area contributed by atoms with Crippen molar-refractivity contribution >= 4 is 5.97 Å². The Hall–Kier alpha value is -4.18. The molecule has 1 atom stereocenters. The molecule has 0 spiro atoms. The number of esters is 1. The number of fused-ring (bicyclic) bond motifs is 1. The van der Waals surface area contributed by atoms with Crippen LogP contribution in [-0.2, 0) is 0 Å². The predicted octanol–water partition coefficient (Wildman–Crippen LogP) is 4.12. The molecule has 0 saturated heterocycles. The topological polar surface area (TPSA) is 108 Å². The maximum atomic E-state index is 12.5. The van der Waals surface area contributed by atoms with Crippen LogP contribution in [-0.4, -0.2) is 12.6 Å². The minimum absolute atomic E-state index is 0.0126. The fraction of sp³-hybridized carbons (Fsp3) is 0.130. The standard InChI is InChI=1S/C23H18N2O5/c1-2-27-15-7-5-14(6-8-15)23(26)29-16-9-10-17-20(12-16)30-22(25)18(13-24)21(17)19-4-3-11-28-19/h3-12,21H,2,25H2,1H3. The Balaban J connectivity index is 1.60. The molecule has 0 bridgehead atoms. The summed E-state index contributed by atoms with van der Waals surface area (Å²) in [6, 6.07) is 17.2. The van der Waals surface area contributed by atoms with Crippen molar-refractivity contribution in [2.24, 2.45) is 5.73 Å². The van der Waals surface area contributed by atoms with Crippen molar-refractivity contribution in [3.8, 4) is 23.3 Å². The van der Waals surface area contributed by atoms with Crippen LogP contribution in [0.25, 0.3) is 0 Å². The van der Waals surface area contributed by atoms with Crippen LogP contribution < -0.4 is 19.9 Å². The van der Waals surface area contributed by atoms with E-state index in [0.717, 1.165) is 0 Å². The molecule has 150 valence electrons. The van der Waals surface area contributed by atoms with Crippen LogP contribution in [0.1, 0.15) is 34.5 Å². The van der Waals surface area contributed by atoms with Gasteiger partial charge in [0.2, 0.25) is 5.88 Å². The molecule has 0 amide bonds. The normalized spacial score (nSPS) is 15.0. The van der Waals surface area contributed by atoms with Crippen molar-refractivity contribution in [3.05, 3.63) is 89.2 Å². The van der Waals surface area contributed by atoms with Gasteiger partial charge >= 0.3 is 5.97 Å². The summed E-state index contributed by atoms with van der Waals surface area (Å²) in [6.07, 6.45) is 1.53. The number of nitrogens with two attached hydrogens (primary N) is 1. The van der Waals surface area contributed by atoms with Gasteiger partial charge in [0.15, 0.2) is 0 Å². The average molecular weight is 402 g/mol. The van der Waals surface area contributed by atoms with Gasteiger partial charge in [0.05, 0.1) is 24.4 Å². The van der Waals surface area contributed by atoms with Crippen LogP contribution >= 0.6 is 0 Å². The lowest BCUT2D eigenvalue weighted by atomic mass is 9.87. The second kappa shape index (κ2) is 8.05. The lowest BCUT2D eigenvalue weighted by molar-refractivity contribution is 0.0734. The first kappa shape index (κ1) is 19.2. The van der Waals surface area contributed by atoms with Crippen molar-refractivity contribution in [1.82, 2.24) is 0 Å². The van der Waals surface area contributed by atoms with Crippen molar-refractivity contribution in [3.63, 3.8) is 0 Å². The first-order valence-electron chi connectivity index (χ1n) is 9.30. The summed E-state index contributed by atoms with van der Waals surface area (Å²) in [5.74, 6) is 0.904. The fourth-order valence-electron chi connectivity index (χ4n) is 3.27. The van der Waals surface area contributed by atoms with E-state index in [-0.39, 0.29) is 11.5 Å². The van der Waals surface area contributed by atoms with Crippen LogP contribution in [0.15, 0.2) is 76.7 Å². The molecule has 1 aromatic heterocycles. The molecule has 1 aliphatic rings. The molecule has 3 aromatic rings. The van der Waals surface area contributed by atoms with Gasteiger partial charge in [-0.1, -0.05) is 6.07 Å². The SMILES string of the molecule is CCOc1ccc(C(=O)Oc2ccc3c(c2)OC(N)=C(C#N)C3c2ccco2)cc1. The maximum absolute atomic E-state index is 12.5. The second-order valence-electron chi connectivity index (χ2n) is 6.49. The zero-order valence-corrected chi connectivity index (χ0v) is 16.1. The minimum atomic E-state index is -0.516. The van der Waals surface area contributed by atoms with Gasteiger partial charge in [-0.2, -0.15) is 5.26 Å². The summed E-state index contributed by atoms with van der Waals surface area (Å²) in [7, 11) is 0. The van der Waals surface area contributed by atoms with Crippen molar-refractivity contribution in [2.45, 2.75) is 12.8 Å². The summed E-state index contributed by atoms with van der Waals surface area (Å²) in [5, 5.41) is 9.52. The monoisotopic (exact) mass is 402 g/mol. The third kappa shape index (κ3) is 3.59. The predicted molar refractivity (Wildman–Crippen MR) is 107 cm³/mol. The number of furan rings is 1. The molecule has 0 radical (unpaired) electrons. The quantitative estimate of drug-likeness (QED) is 0.505. The molecule has 2 N–H and O–H groups in total. The molecule has 1 unspecified atom stereocenters. The highest BCUT2D eigenvalue weighted by molar-refractivity contribution is 5.91. The number of nitriles is 1. The van der Waals surface area contributed by atoms with Crippen LogP contribution in [0.2, 0.25) is 0 Å². The first-order valence-corrected chi connectivity index (χ1v) is 9.30. The van der Waals surface area contributed by atoms with E-state index in [1.165, 1.54) is 6.26 Å². The third-order valence-corrected chi connectivity index (χ3v) is 4.63. The molecule has 2 aromatic carbocycles. The number of carbonyl (C=O) groups is 1. The van der Waals surface area contributed by atoms with E-state index in [0.29, 0.717) is 40.7 Å². The summed E-state index contributed by atoms with van der Waals surface area (Å²) >= 11 is 0. The zero-order valence-electron chi connectivity index (χ0n) is 16.1. The molecule has 1 aliphatic heterocycles. The molecule has 2 heterocycles. The Kier molecular flexibility index (Phi) is 5.14.